The normalized spacial score (nSPS) is 12.5. The lowest BCUT2D eigenvalue weighted by Gasteiger charge is -2.14. The Hall–Kier alpha value is -1.58. The molecule has 0 fully saturated rings. The second-order valence-corrected chi connectivity index (χ2v) is 4.65. The quantitative estimate of drug-likeness (QED) is 0.751. The second kappa shape index (κ2) is 7.12. The minimum Gasteiger partial charge on any atom is -0.490 e. The van der Waals surface area contributed by atoms with Gasteiger partial charge < -0.3 is 15.2 Å². The lowest BCUT2D eigenvalue weighted by Crippen LogP contribution is -2.31. The third kappa shape index (κ3) is 3.94. The summed E-state index contributed by atoms with van der Waals surface area (Å²) in [6.45, 7) is 3.90. The maximum absolute atomic E-state index is 9.82. The topological polar surface area (TPSA) is 41.5 Å². The largest absolute Gasteiger partial charge is 0.490 e. The zero-order valence-electron chi connectivity index (χ0n) is 11.3. The van der Waals surface area contributed by atoms with Crippen molar-refractivity contribution < 1.29 is 9.84 Å². The highest BCUT2D eigenvalue weighted by molar-refractivity contribution is 5.88. The highest BCUT2D eigenvalue weighted by atomic mass is 16.5. The first kappa shape index (κ1) is 13.8. The third-order valence-corrected chi connectivity index (χ3v) is 2.99. The average molecular weight is 259 g/mol. The average Bonchev–Trinajstić information content (AvgIpc) is 2.45. The van der Waals surface area contributed by atoms with E-state index >= 15 is 0 Å². The van der Waals surface area contributed by atoms with E-state index in [0.29, 0.717) is 13.2 Å². The van der Waals surface area contributed by atoms with Gasteiger partial charge in [0.1, 0.15) is 18.5 Å². The Morgan fingerprint density at radius 3 is 2.79 bits per heavy atom. The SMILES string of the molecule is CCCNC[C@@H](O)COc1cccc2ccccc12. The molecule has 2 N–H and O–H groups in total. The fourth-order valence-corrected chi connectivity index (χ4v) is 2.01. The van der Waals surface area contributed by atoms with Crippen LogP contribution in [-0.2, 0) is 0 Å². The molecule has 0 heterocycles. The minimum absolute atomic E-state index is 0.310. The smallest absolute Gasteiger partial charge is 0.127 e. The molecule has 0 aliphatic carbocycles. The molecular weight excluding hydrogens is 238 g/mol. The van der Waals surface area contributed by atoms with Crippen molar-refractivity contribution in [3.05, 3.63) is 42.5 Å². The lowest BCUT2D eigenvalue weighted by molar-refractivity contribution is 0.107. The van der Waals surface area contributed by atoms with E-state index in [0.717, 1.165) is 29.5 Å². The Kier molecular flexibility index (Phi) is 5.19. The van der Waals surface area contributed by atoms with Crippen LogP contribution in [0.5, 0.6) is 5.75 Å². The lowest BCUT2D eigenvalue weighted by atomic mass is 10.1. The van der Waals surface area contributed by atoms with Crippen LogP contribution in [0, 0.1) is 0 Å². The number of hydrogen-bond acceptors (Lipinski definition) is 3. The molecule has 2 aromatic rings. The van der Waals surface area contributed by atoms with Crippen molar-refractivity contribution in [2.24, 2.45) is 0 Å². The molecule has 102 valence electrons. The van der Waals surface area contributed by atoms with Gasteiger partial charge in [-0.05, 0) is 24.4 Å². The van der Waals surface area contributed by atoms with E-state index in [1.54, 1.807) is 0 Å². The monoisotopic (exact) mass is 259 g/mol. The molecule has 0 bridgehead atoms. The molecule has 0 aliphatic heterocycles. The van der Waals surface area contributed by atoms with Gasteiger partial charge in [-0.15, -0.1) is 0 Å². The van der Waals surface area contributed by atoms with E-state index in [1.165, 1.54) is 0 Å². The molecule has 0 amide bonds. The van der Waals surface area contributed by atoms with Crippen LogP contribution in [0.2, 0.25) is 0 Å². The van der Waals surface area contributed by atoms with E-state index in [4.69, 9.17) is 4.74 Å². The van der Waals surface area contributed by atoms with Crippen LogP contribution in [0.25, 0.3) is 10.8 Å². The number of fused-ring (bicyclic) bond motifs is 1. The maximum Gasteiger partial charge on any atom is 0.127 e. The first-order valence-corrected chi connectivity index (χ1v) is 6.80. The van der Waals surface area contributed by atoms with E-state index < -0.39 is 6.10 Å². The fourth-order valence-electron chi connectivity index (χ4n) is 2.01. The molecule has 2 aromatic carbocycles. The first-order chi connectivity index (χ1) is 9.31. The minimum atomic E-state index is -0.481. The molecule has 19 heavy (non-hydrogen) atoms. The summed E-state index contributed by atoms with van der Waals surface area (Å²) in [6, 6.07) is 14.1. The highest BCUT2D eigenvalue weighted by Crippen LogP contribution is 2.25. The summed E-state index contributed by atoms with van der Waals surface area (Å²) in [7, 11) is 0. The first-order valence-electron chi connectivity index (χ1n) is 6.80. The van der Waals surface area contributed by atoms with E-state index in [1.807, 2.05) is 30.3 Å². The molecule has 3 heteroatoms. The summed E-state index contributed by atoms with van der Waals surface area (Å²) in [4.78, 5) is 0. The molecule has 0 spiro atoms. The van der Waals surface area contributed by atoms with Crippen molar-refractivity contribution >= 4 is 10.8 Å². The zero-order chi connectivity index (χ0) is 13.5. The second-order valence-electron chi connectivity index (χ2n) is 4.65. The molecule has 0 saturated carbocycles. The van der Waals surface area contributed by atoms with Crippen LogP contribution in [-0.4, -0.2) is 30.9 Å². The summed E-state index contributed by atoms with van der Waals surface area (Å²) in [5, 5.41) is 15.2. The summed E-state index contributed by atoms with van der Waals surface area (Å²) in [5.41, 5.74) is 0. The van der Waals surface area contributed by atoms with Gasteiger partial charge in [0.25, 0.3) is 0 Å². The predicted molar refractivity (Wildman–Crippen MR) is 78.6 cm³/mol. The van der Waals surface area contributed by atoms with Crippen molar-refractivity contribution in [1.29, 1.82) is 0 Å². The van der Waals surface area contributed by atoms with E-state index in [-0.39, 0.29) is 0 Å². The Morgan fingerprint density at radius 2 is 1.95 bits per heavy atom. The van der Waals surface area contributed by atoms with Crippen molar-refractivity contribution in [1.82, 2.24) is 5.32 Å². The number of hydrogen-bond donors (Lipinski definition) is 2. The number of rotatable bonds is 7. The standard InChI is InChI=1S/C16H21NO2/c1-2-10-17-11-14(18)12-19-16-9-5-7-13-6-3-4-8-15(13)16/h3-9,14,17-18H,2,10-12H2,1H3/t14-/m1/s1. The van der Waals surface area contributed by atoms with Gasteiger partial charge in [0.2, 0.25) is 0 Å². The van der Waals surface area contributed by atoms with Crippen molar-refractivity contribution in [3.63, 3.8) is 0 Å². The highest BCUT2D eigenvalue weighted by Gasteiger charge is 2.06. The van der Waals surface area contributed by atoms with Gasteiger partial charge in [-0.3, -0.25) is 0 Å². The number of aliphatic hydroxyl groups is 1. The predicted octanol–water partition coefficient (Wildman–Crippen LogP) is 2.58. The molecule has 2 rings (SSSR count). The van der Waals surface area contributed by atoms with Gasteiger partial charge >= 0.3 is 0 Å². The Bertz CT molecular complexity index is 508. The summed E-state index contributed by atoms with van der Waals surface area (Å²) >= 11 is 0. The van der Waals surface area contributed by atoms with E-state index in [2.05, 4.69) is 24.4 Å². The maximum atomic E-state index is 9.82. The Balaban J connectivity index is 1.94. The van der Waals surface area contributed by atoms with Crippen molar-refractivity contribution in [2.45, 2.75) is 19.4 Å². The number of benzene rings is 2. The van der Waals surface area contributed by atoms with Crippen LogP contribution in [0.4, 0.5) is 0 Å². The van der Waals surface area contributed by atoms with Crippen LogP contribution >= 0.6 is 0 Å². The van der Waals surface area contributed by atoms with Gasteiger partial charge in [-0.25, -0.2) is 0 Å². The van der Waals surface area contributed by atoms with Gasteiger partial charge in [0, 0.05) is 11.9 Å². The van der Waals surface area contributed by atoms with Gasteiger partial charge in [-0.1, -0.05) is 43.3 Å². The number of ether oxygens (including phenoxy) is 1. The molecule has 0 saturated heterocycles. The molecule has 3 nitrogen and oxygen atoms in total. The number of nitrogens with one attached hydrogen (secondary N) is 1. The van der Waals surface area contributed by atoms with Crippen LogP contribution in [0.15, 0.2) is 42.5 Å². The van der Waals surface area contributed by atoms with E-state index in [9.17, 15) is 5.11 Å². The molecule has 1 atom stereocenters. The fraction of sp³-hybridized carbons (Fsp3) is 0.375. The molecular formula is C16H21NO2. The van der Waals surface area contributed by atoms with Crippen LogP contribution < -0.4 is 10.1 Å². The Morgan fingerprint density at radius 1 is 1.16 bits per heavy atom. The molecule has 0 aromatic heterocycles. The molecule has 0 radical (unpaired) electrons. The van der Waals surface area contributed by atoms with Gasteiger partial charge in [0.15, 0.2) is 0 Å². The van der Waals surface area contributed by atoms with Crippen molar-refractivity contribution in [3.8, 4) is 5.75 Å². The van der Waals surface area contributed by atoms with Crippen molar-refractivity contribution in [2.75, 3.05) is 19.7 Å². The molecule has 0 unspecified atom stereocenters. The molecule has 0 aliphatic rings. The van der Waals surface area contributed by atoms with Crippen LogP contribution in [0.3, 0.4) is 0 Å². The van der Waals surface area contributed by atoms with Crippen LogP contribution in [0.1, 0.15) is 13.3 Å². The Labute approximate surface area is 114 Å². The third-order valence-electron chi connectivity index (χ3n) is 2.99. The summed E-state index contributed by atoms with van der Waals surface area (Å²) < 4.78 is 5.72. The van der Waals surface area contributed by atoms with Gasteiger partial charge in [0.05, 0.1) is 0 Å². The zero-order valence-corrected chi connectivity index (χ0v) is 11.3. The summed E-state index contributed by atoms with van der Waals surface area (Å²) in [5.74, 6) is 0.827. The number of aliphatic hydroxyl groups excluding tert-OH is 1. The summed E-state index contributed by atoms with van der Waals surface area (Å²) in [6.07, 6.45) is 0.585. The van der Waals surface area contributed by atoms with Gasteiger partial charge in [-0.2, -0.15) is 0 Å².